The number of benzene rings is 2. The molecule has 1 heterocycles. The Balaban J connectivity index is 1.74. The van der Waals surface area contributed by atoms with Crippen molar-refractivity contribution in [2.75, 3.05) is 0 Å². The van der Waals surface area contributed by atoms with E-state index < -0.39 is 0 Å². The maximum absolute atomic E-state index is 11.2. The minimum absolute atomic E-state index is 0.228. The van der Waals surface area contributed by atoms with Crippen molar-refractivity contribution in [3.05, 3.63) is 71.9 Å². The zero-order valence-electron chi connectivity index (χ0n) is 12.9. The molecule has 0 radical (unpaired) electrons. The van der Waals surface area contributed by atoms with Gasteiger partial charge in [0.25, 0.3) is 0 Å². The van der Waals surface area contributed by atoms with Crippen molar-refractivity contribution in [3.8, 4) is 5.75 Å². The molecule has 0 bridgehead atoms. The third-order valence-electron chi connectivity index (χ3n) is 3.47. The number of hydrogen-bond donors (Lipinski definition) is 0. The Kier molecular flexibility index (Phi) is 4.48. The zero-order chi connectivity index (χ0) is 16.1. The molecule has 0 saturated carbocycles. The predicted molar refractivity (Wildman–Crippen MR) is 93.0 cm³/mol. The fourth-order valence-corrected chi connectivity index (χ4v) is 2.21. The Hall–Kier alpha value is -2.94. The van der Waals surface area contributed by atoms with Crippen molar-refractivity contribution in [2.45, 2.75) is 13.3 Å². The largest absolute Gasteiger partial charge is 0.427 e. The lowest BCUT2D eigenvalue weighted by molar-refractivity contribution is -0.134. The minimum atomic E-state index is -0.228. The predicted octanol–water partition coefficient (Wildman–Crippen LogP) is 4.72. The molecular weight excluding hydrogens is 286 g/mol. The van der Waals surface area contributed by atoms with E-state index in [1.807, 2.05) is 54.6 Å². The number of hydrogen-bond acceptors (Lipinski definition) is 3. The highest BCUT2D eigenvalue weighted by molar-refractivity contribution is 5.80. The van der Waals surface area contributed by atoms with Crippen LogP contribution in [-0.2, 0) is 4.79 Å². The maximum atomic E-state index is 11.2. The lowest BCUT2D eigenvalue weighted by atomic mass is 10.1. The second-order valence-electron chi connectivity index (χ2n) is 5.16. The van der Waals surface area contributed by atoms with Gasteiger partial charge in [-0.3, -0.25) is 4.79 Å². The van der Waals surface area contributed by atoms with Crippen LogP contribution < -0.4 is 4.74 Å². The van der Waals surface area contributed by atoms with Crippen LogP contribution in [0.15, 0.2) is 60.7 Å². The van der Waals surface area contributed by atoms with Crippen LogP contribution in [0.2, 0.25) is 0 Å². The van der Waals surface area contributed by atoms with E-state index in [1.165, 1.54) is 0 Å². The molecule has 0 N–H and O–H groups in total. The summed E-state index contributed by atoms with van der Waals surface area (Å²) < 4.78 is 5.15. The summed E-state index contributed by atoms with van der Waals surface area (Å²) in [7, 11) is 0. The number of nitrogens with zero attached hydrogens (tertiary/aromatic N) is 1. The molecule has 0 atom stereocenters. The number of esters is 1. The van der Waals surface area contributed by atoms with Crippen LogP contribution in [-0.4, -0.2) is 11.0 Å². The van der Waals surface area contributed by atoms with Crippen LogP contribution in [0.3, 0.4) is 0 Å². The molecule has 0 aliphatic carbocycles. The number of para-hydroxylation sites is 1. The topological polar surface area (TPSA) is 39.2 Å². The van der Waals surface area contributed by atoms with Crippen LogP contribution in [0.25, 0.3) is 23.1 Å². The number of aromatic nitrogens is 1. The molecule has 1 aromatic heterocycles. The van der Waals surface area contributed by atoms with Gasteiger partial charge in [-0.25, -0.2) is 4.98 Å². The average Bonchev–Trinajstić information content (AvgIpc) is 2.61. The van der Waals surface area contributed by atoms with E-state index in [-0.39, 0.29) is 5.97 Å². The quantitative estimate of drug-likeness (QED) is 0.517. The van der Waals surface area contributed by atoms with Gasteiger partial charge in [0, 0.05) is 11.8 Å². The van der Waals surface area contributed by atoms with E-state index in [9.17, 15) is 4.79 Å². The summed E-state index contributed by atoms with van der Waals surface area (Å²) in [6.07, 6.45) is 4.33. The van der Waals surface area contributed by atoms with Crippen LogP contribution >= 0.6 is 0 Å². The summed E-state index contributed by atoms with van der Waals surface area (Å²) in [5.74, 6) is 0.339. The van der Waals surface area contributed by atoms with E-state index in [1.54, 1.807) is 19.1 Å². The molecule has 0 unspecified atom stereocenters. The smallest absolute Gasteiger partial charge is 0.310 e. The minimum Gasteiger partial charge on any atom is -0.427 e. The third kappa shape index (κ3) is 3.83. The Morgan fingerprint density at radius 2 is 1.78 bits per heavy atom. The number of pyridine rings is 1. The highest BCUT2D eigenvalue weighted by atomic mass is 16.5. The monoisotopic (exact) mass is 303 g/mol. The number of carbonyl (C=O) groups is 1. The summed E-state index contributed by atoms with van der Waals surface area (Å²) in [6.45, 7) is 1.77. The van der Waals surface area contributed by atoms with Crippen molar-refractivity contribution in [2.24, 2.45) is 0 Å². The van der Waals surface area contributed by atoms with E-state index in [0.717, 1.165) is 22.2 Å². The molecular formula is C20H17NO2. The highest BCUT2D eigenvalue weighted by Crippen LogP contribution is 2.16. The second kappa shape index (κ2) is 6.88. The first-order valence-electron chi connectivity index (χ1n) is 7.59. The molecule has 3 aromatic rings. The number of carbonyl (C=O) groups excluding carboxylic acids is 1. The number of ether oxygens (including phenoxy) is 1. The van der Waals surface area contributed by atoms with Gasteiger partial charge in [-0.2, -0.15) is 0 Å². The van der Waals surface area contributed by atoms with Crippen molar-refractivity contribution in [1.29, 1.82) is 0 Å². The molecule has 0 amide bonds. The van der Waals surface area contributed by atoms with Crippen LogP contribution in [0.5, 0.6) is 5.75 Å². The van der Waals surface area contributed by atoms with Gasteiger partial charge in [0.1, 0.15) is 5.75 Å². The molecule has 0 saturated heterocycles. The lowest BCUT2D eigenvalue weighted by Gasteiger charge is -2.02. The molecule has 3 nitrogen and oxygen atoms in total. The Bertz CT molecular complexity index is 851. The highest BCUT2D eigenvalue weighted by Gasteiger charge is 2.00. The summed E-state index contributed by atoms with van der Waals surface area (Å²) in [6, 6.07) is 19.5. The number of rotatable bonds is 4. The molecule has 3 rings (SSSR count). The van der Waals surface area contributed by atoms with Crippen LogP contribution in [0.4, 0.5) is 0 Å². The van der Waals surface area contributed by atoms with Gasteiger partial charge < -0.3 is 4.74 Å². The van der Waals surface area contributed by atoms with Gasteiger partial charge in [-0.1, -0.05) is 49.4 Å². The van der Waals surface area contributed by atoms with Gasteiger partial charge in [0.05, 0.1) is 11.2 Å². The molecule has 0 aliphatic heterocycles. The third-order valence-corrected chi connectivity index (χ3v) is 3.47. The fourth-order valence-electron chi connectivity index (χ4n) is 2.21. The molecule has 23 heavy (non-hydrogen) atoms. The lowest BCUT2D eigenvalue weighted by Crippen LogP contribution is -2.05. The number of fused-ring (bicyclic) bond motifs is 1. The summed E-state index contributed by atoms with van der Waals surface area (Å²) >= 11 is 0. The molecule has 0 fully saturated rings. The van der Waals surface area contributed by atoms with Crippen molar-refractivity contribution < 1.29 is 9.53 Å². The van der Waals surface area contributed by atoms with E-state index in [4.69, 9.17) is 4.74 Å². The van der Waals surface area contributed by atoms with E-state index in [0.29, 0.717) is 12.2 Å². The van der Waals surface area contributed by atoms with E-state index >= 15 is 0 Å². The molecule has 0 aliphatic rings. The van der Waals surface area contributed by atoms with E-state index in [2.05, 4.69) is 11.1 Å². The molecule has 114 valence electrons. The first-order valence-corrected chi connectivity index (χ1v) is 7.59. The first kappa shape index (κ1) is 15.0. The molecule has 3 heteroatoms. The maximum Gasteiger partial charge on any atom is 0.310 e. The summed E-state index contributed by atoms with van der Waals surface area (Å²) in [5, 5.41) is 1.13. The van der Waals surface area contributed by atoms with Gasteiger partial charge in [0.2, 0.25) is 0 Å². The standard InChI is InChI=1S/C20H17NO2/c1-2-20(22)23-18-13-8-15(9-14-18)7-11-17-12-10-16-5-3-4-6-19(16)21-17/h3-14H,2H2,1H3. The normalized spacial score (nSPS) is 11.0. The molecule has 0 spiro atoms. The fraction of sp³-hybridized carbons (Fsp3) is 0.100. The van der Waals surface area contributed by atoms with Crippen molar-refractivity contribution >= 4 is 29.0 Å². The van der Waals surface area contributed by atoms with Gasteiger partial charge in [-0.05, 0) is 35.9 Å². The van der Waals surface area contributed by atoms with Gasteiger partial charge >= 0.3 is 5.97 Å². The average molecular weight is 303 g/mol. The Morgan fingerprint density at radius 3 is 2.57 bits per heavy atom. The SMILES string of the molecule is CCC(=O)Oc1ccc(C=Cc2ccc3ccccc3n2)cc1. The molecule has 2 aromatic carbocycles. The van der Waals surface area contributed by atoms with Crippen LogP contribution in [0.1, 0.15) is 24.6 Å². The first-order chi connectivity index (χ1) is 11.2. The zero-order valence-corrected chi connectivity index (χ0v) is 12.9. The van der Waals surface area contributed by atoms with Gasteiger partial charge in [0.15, 0.2) is 0 Å². The Morgan fingerprint density at radius 1 is 1.00 bits per heavy atom. The van der Waals surface area contributed by atoms with Gasteiger partial charge in [-0.15, -0.1) is 0 Å². The second-order valence-corrected chi connectivity index (χ2v) is 5.16. The Labute approximate surface area is 135 Å². The van der Waals surface area contributed by atoms with Crippen LogP contribution in [0, 0.1) is 0 Å². The summed E-state index contributed by atoms with van der Waals surface area (Å²) in [4.78, 5) is 15.8. The van der Waals surface area contributed by atoms with Crippen molar-refractivity contribution in [3.63, 3.8) is 0 Å². The summed E-state index contributed by atoms with van der Waals surface area (Å²) in [5.41, 5.74) is 2.91. The van der Waals surface area contributed by atoms with Crippen molar-refractivity contribution in [1.82, 2.24) is 4.98 Å².